The monoisotopic (exact) mass is 357 g/mol. The van der Waals surface area contributed by atoms with E-state index in [9.17, 15) is 4.79 Å². The maximum atomic E-state index is 11.9. The van der Waals surface area contributed by atoms with Gasteiger partial charge in [-0.05, 0) is 37.1 Å². The van der Waals surface area contributed by atoms with Gasteiger partial charge in [-0.1, -0.05) is 34.1 Å². The molecule has 0 radical (unpaired) electrons. The number of carbonyl (C=O) groups is 1. The number of aromatic nitrogens is 1. The van der Waals surface area contributed by atoms with Crippen LogP contribution in [0.15, 0.2) is 42.6 Å². The van der Waals surface area contributed by atoms with Crippen LogP contribution >= 0.6 is 15.9 Å². The highest BCUT2D eigenvalue weighted by Gasteiger charge is 2.22. The molecular formula is C18H16BrNO2. The lowest BCUT2D eigenvalue weighted by Gasteiger charge is -2.10. The fourth-order valence-corrected chi connectivity index (χ4v) is 2.92. The van der Waals surface area contributed by atoms with Crippen LogP contribution in [0.4, 0.5) is 0 Å². The van der Waals surface area contributed by atoms with Gasteiger partial charge in [-0.15, -0.1) is 0 Å². The Bertz CT molecular complexity index is 753. The summed E-state index contributed by atoms with van der Waals surface area (Å²) in [5, 5.41) is 0.897. The van der Waals surface area contributed by atoms with Crippen molar-refractivity contribution in [3.8, 4) is 11.6 Å². The number of ketones is 1. The van der Waals surface area contributed by atoms with Gasteiger partial charge >= 0.3 is 0 Å². The first kappa shape index (κ1) is 15.0. The number of carbonyl (C=O) groups excluding carboxylic acids is 1. The van der Waals surface area contributed by atoms with Gasteiger partial charge in [0, 0.05) is 34.6 Å². The van der Waals surface area contributed by atoms with Crippen LogP contribution in [0.5, 0.6) is 11.6 Å². The third-order valence-electron chi connectivity index (χ3n) is 3.70. The number of Topliss-reactive ketones (excluding diaryl/α,β-unsaturated/α-hetero) is 1. The molecule has 112 valence electrons. The van der Waals surface area contributed by atoms with E-state index in [2.05, 4.69) is 27.0 Å². The average molecular weight is 358 g/mol. The van der Waals surface area contributed by atoms with Crippen molar-refractivity contribution < 1.29 is 9.53 Å². The van der Waals surface area contributed by atoms with Crippen LogP contribution < -0.4 is 4.74 Å². The van der Waals surface area contributed by atoms with Gasteiger partial charge < -0.3 is 4.74 Å². The number of hydrogen-bond donors (Lipinski definition) is 0. The number of halogens is 1. The van der Waals surface area contributed by atoms with Crippen LogP contribution in [0.1, 0.15) is 34.8 Å². The first-order valence-corrected chi connectivity index (χ1v) is 8.34. The van der Waals surface area contributed by atoms with Gasteiger partial charge in [0.05, 0.1) is 0 Å². The molecule has 0 fully saturated rings. The number of alkyl halides is 1. The molecule has 2 heterocycles. The normalized spacial score (nSPS) is 14.7. The standard InChI is InChI=1S/C18H16BrNO2/c1-12(21)14-6-2-8-17-16(14)11-13(5-3-9-19)15-7-4-10-20-18(15)22-17/h2,4-8,10H,3,9,11H2,1H3/b13-5+. The third kappa shape index (κ3) is 2.83. The maximum absolute atomic E-state index is 11.9. The van der Waals surface area contributed by atoms with Crippen molar-refractivity contribution >= 4 is 27.3 Å². The molecule has 1 aliphatic heterocycles. The highest BCUT2D eigenvalue weighted by Crippen LogP contribution is 2.39. The smallest absolute Gasteiger partial charge is 0.226 e. The van der Waals surface area contributed by atoms with Gasteiger partial charge in [0.2, 0.25) is 5.88 Å². The van der Waals surface area contributed by atoms with E-state index >= 15 is 0 Å². The maximum Gasteiger partial charge on any atom is 0.226 e. The molecular weight excluding hydrogens is 342 g/mol. The van der Waals surface area contributed by atoms with E-state index in [-0.39, 0.29) is 5.78 Å². The number of fused-ring (bicyclic) bond motifs is 2. The van der Waals surface area contributed by atoms with Crippen molar-refractivity contribution in [2.45, 2.75) is 19.8 Å². The van der Waals surface area contributed by atoms with E-state index in [1.165, 1.54) is 0 Å². The molecule has 0 saturated heterocycles. The second kappa shape index (κ2) is 6.44. The number of benzene rings is 1. The molecule has 0 saturated carbocycles. The Hall–Kier alpha value is -1.94. The molecule has 1 aromatic heterocycles. The summed E-state index contributed by atoms with van der Waals surface area (Å²) >= 11 is 3.46. The van der Waals surface area contributed by atoms with E-state index in [1.807, 2.05) is 30.3 Å². The summed E-state index contributed by atoms with van der Waals surface area (Å²) in [4.78, 5) is 16.3. The zero-order chi connectivity index (χ0) is 15.5. The van der Waals surface area contributed by atoms with Gasteiger partial charge in [0.25, 0.3) is 0 Å². The minimum Gasteiger partial charge on any atom is -0.438 e. The largest absolute Gasteiger partial charge is 0.438 e. The van der Waals surface area contributed by atoms with E-state index < -0.39 is 0 Å². The number of hydrogen-bond acceptors (Lipinski definition) is 3. The van der Waals surface area contributed by atoms with Crippen molar-refractivity contribution in [3.63, 3.8) is 0 Å². The predicted molar refractivity (Wildman–Crippen MR) is 90.8 cm³/mol. The number of nitrogens with zero attached hydrogens (tertiary/aromatic N) is 1. The number of rotatable bonds is 3. The quantitative estimate of drug-likeness (QED) is 0.584. The summed E-state index contributed by atoms with van der Waals surface area (Å²) < 4.78 is 5.99. The third-order valence-corrected chi connectivity index (χ3v) is 4.16. The van der Waals surface area contributed by atoms with E-state index in [0.717, 1.165) is 39.8 Å². The predicted octanol–water partition coefficient (Wildman–Crippen LogP) is 4.80. The van der Waals surface area contributed by atoms with Crippen molar-refractivity contribution in [2.75, 3.05) is 5.33 Å². The van der Waals surface area contributed by atoms with Crippen LogP contribution in [0.2, 0.25) is 0 Å². The number of pyridine rings is 1. The van der Waals surface area contributed by atoms with Gasteiger partial charge in [-0.25, -0.2) is 4.98 Å². The molecule has 2 aromatic rings. The van der Waals surface area contributed by atoms with Crippen LogP contribution in [0.3, 0.4) is 0 Å². The molecule has 0 atom stereocenters. The first-order valence-electron chi connectivity index (χ1n) is 7.21. The van der Waals surface area contributed by atoms with Crippen molar-refractivity contribution in [2.24, 2.45) is 0 Å². The van der Waals surface area contributed by atoms with Crippen LogP contribution in [-0.2, 0) is 6.42 Å². The molecule has 0 N–H and O–H groups in total. The summed E-state index contributed by atoms with van der Waals surface area (Å²) in [5.74, 6) is 1.37. The zero-order valence-corrected chi connectivity index (χ0v) is 13.9. The second-order valence-electron chi connectivity index (χ2n) is 5.18. The van der Waals surface area contributed by atoms with Crippen molar-refractivity contribution in [3.05, 3.63) is 59.3 Å². The average Bonchev–Trinajstić information content (AvgIpc) is 2.68. The molecule has 1 aromatic carbocycles. The fourth-order valence-electron chi connectivity index (χ4n) is 2.69. The molecule has 0 unspecified atom stereocenters. The lowest BCUT2D eigenvalue weighted by molar-refractivity contribution is 0.101. The van der Waals surface area contributed by atoms with Crippen LogP contribution in [0, 0.1) is 0 Å². The Morgan fingerprint density at radius 2 is 2.23 bits per heavy atom. The summed E-state index contributed by atoms with van der Waals surface area (Å²) in [6.07, 6.45) is 5.50. The molecule has 22 heavy (non-hydrogen) atoms. The molecule has 1 aliphatic rings. The minimum atomic E-state index is 0.0548. The summed E-state index contributed by atoms with van der Waals surface area (Å²) in [7, 11) is 0. The molecule has 0 aliphatic carbocycles. The minimum absolute atomic E-state index is 0.0548. The summed E-state index contributed by atoms with van der Waals surface area (Å²) in [6.45, 7) is 1.59. The lowest BCUT2D eigenvalue weighted by atomic mass is 9.94. The Kier molecular flexibility index (Phi) is 4.39. The molecule has 0 bridgehead atoms. The van der Waals surface area contributed by atoms with E-state index in [0.29, 0.717) is 12.3 Å². The molecule has 4 heteroatoms. The number of ether oxygens (including phenoxy) is 1. The molecule has 3 rings (SSSR count). The van der Waals surface area contributed by atoms with E-state index in [4.69, 9.17) is 4.74 Å². The summed E-state index contributed by atoms with van der Waals surface area (Å²) in [6, 6.07) is 9.53. The molecule has 0 amide bonds. The molecule has 3 nitrogen and oxygen atoms in total. The van der Waals surface area contributed by atoms with Gasteiger partial charge in [0.1, 0.15) is 5.75 Å². The van der Waals surface area contributed by atoms with E-state index in [1.54, 1.807) is 13.1 Å². The van der Waals surface area contributed by atoms with Gasteiger partial charge in [-0.2, -0.15) is 0 Å². The SMILES string of the molecule is CC(=O)c1cccc2c1C/C(=C\CCBr)c1cccnc1O2. The lowest BCUT2D eigenvalue weighted by Crippen LogP contribution is -2.01. The van der Waals surface area contributed by atoms with Crippen molar-refractivity contribution in [1.29, 1.82) is 0 Å². The Balaban J connectivity index is 2.17. The zero-order valence-electron chi connectivity index (χ0n) is 12.3. The highest BCUT2D eigenvalue weighted by atomic mass is 79.9. The molecule has 0 spiro atoms. The topological polar surface area (TPSA) is 39.2 Å². The van der Waals surface area contributed by atoms with Gasteiger partial charge in [0.15, 0.2) is 5.78 Å². The second-order valence-corrected chi connectivity index (χ2v) is 5.97. The van der Waals surface area contributed by atoms with Gasteiger partial charge in [-0.3, -0.25) is 4.79 Å². The first-order chi connectivity index (χ1) is 10.7. The highest BCUT2D eigenvalue weighted by molar-refractivity contribution is 9.09. The fraction of sp³-hybridized carbons (Fsp3) is 0.222. The van der Waals surface area contributed by atoms with Crippen LogP contribution in [-0.4, -0.2) is 16.1 Å². The Morgan fingerprint density at radius 1 is 1.36 bits per heavy atom. The number of allylic oxidation sites excluding steroid dienone is 2. The Labute approximate surface area is 138 Å². The van der Waals surface area contributed by atoms with Crippen LogP contribution in [0.25, 0.3) is 5.57 Å². The van der Waals surface area contributed by atoms with Crippen molar-refractivity contribution in [1.82, 2.24) is 4.98 Å². The summed E-state index contributed by atoms with van der Waals surface area (Å²) in [5.41, 5.74) is 3.80. The Morgan fingerprint density at radius 3 is 3.00 bits per heavy atom.